The average Bonchev–Trinajstić information content (AvgIpc) is 2.14. The lowest BCUT2D eigenvalue weighted by molar-refractivity contribution is -0.0152. The summed E-state index contributed by atoms with van der Waals surface area (Å²) in [7, 11) is 0. The second-order valence-electron chi connectivity index (χ2n) is 4.15. The monoisotopic (exact) mass is 226 g/mol. The summed E-state index contributed by atoms with van der Waals surface area (Å²) in [5.74, 6) is 0.884. The summed E-state index contributed by atoms with van der Waals surface area (Å²) < 4.78 is 10.7. The second-order valence-corrected chi connectivity index (χ2v) is 4.87. The van der Waals surface area contributed by atoms with Gasteiger partial charge in [-0.25, -0.2) is 0 Å². The van der Waals surface area contributed by atoms with Gasteiger partial charge in [0.15, 0.2) is 0 Å². The summed E-state index contributed by atoms with van der Waals surface area (Å²) in [6, 6.07) is 7.93. The topological polar surface area (TPSA) is 18.5 Å². The van der Waals surface area contributed by atoms with E-state index in [0.29, 0.717) is 13.2 Å². The smallest absolute Gasteiger partial charge is 0.119 e. The third-order valence-electron chi connectivity index (χ3n) is 2.41. The van der Waals surface area contributed by atoms with Gasteiger partial charge in [0.25, 0.3) is 0 Å². The normalized spacial score (nSPS) is 18.7. The molecule has 0 atom stereocenters. The van der Waals surface area contributed by atoms with Gasteiger partial charge < -0.3 is 9.47 Å². The minimum absolute atomic E-state index is 0.202. The molecule has 1 heterocycles. The summed E-state index contributed by atoms with van der Waals surface area (Å²) in [5.41, 5.74) is 1.10. The Kier molecular flexibility index (Phi) is 2.89. The SMILES string of the molecule is CC(C)Oc1ccc(C2(Cl)COC2)cc1. The number of halogens is 1. The number of hydrogen-bond donors (Lipinski definition) is 0. The molecule has 2 rings (SSSR count). The molecule has 1 aliphatic rings. The molecule has 0 unspecified atom stereocenters. The molecule has 1 aromatic rings. The highest BCUT2D eigenvalue weighted by molar-refractivity contribution is 6.24. The fourth-order valence-corrected chi connectivity index (χ4v) is 1.83. The highest BCUT2D eigenvalue weighted by atomic mass is 35.5. The van der Waals surface area contributed by atoms with Crippen LogP contribution in [0.2, 0.25) is 0 Å². The molecule has 0 aromatic heterocycles. The van der Waals surface area contributed by atoms with Gasteiger partial charge in [0.05, 0.1) is 19.3 Å². The molecule has 1 aromatic carbocycles. The van der Waals surface area contributed by atoms with E-state index < -0.39 is 0 Å². The van der Waals surface area contributed by atoms with Gasteiger partial charge >= 0.3 is 0 Å². The average molecular weight is 227 g/mol. The van der Waals surface area contributed by atoms with Crippen LogP contribution in [-0.2, 0) is 9.61 Å². The van der Waals surface area contributed by atoms with Crippen molar-refractivity contribution in [3.8, 4) is 5.75 Å². The summed E-state index contributed by atoms with van der Waals surface area (Å²) in [5, 5.41) is 0. The number of ether oxygens (including phenoxy) is 2. The van der Waals surface area contributed by atoms with Crippen LogP contribution < -0.4 is 4.74 Å². The zero-order valence-corrected chi connectivity index (χ0v) is 9.75. The Morgan fingerprint density at radius 2 is 1.87 bits per heavy atom. The molecule has 0 amide bonds. The van der Waals surface area contributed by atoms with E-state index in [1.165, 1.54) is 0 Å². The molecule has 15 heavy (non-hydrogen) atoms. The predicted octanol–water partition coefficient (Wildman–Crippen LogP) is 2.94. The quantitative estimate of drug-likeness (QED) is 0.738. The maximum atomic E-state index is 6.33. The Bertz CT molecular complexity index is 328. The summed E-state index contributed by atoms with van der Waals surface area (Å²) in [6.07, 6.45) is 0.202. The van der Waals surface area contributed by atoms with Crippen LogP contribution >= 0.6 is 11.6 Å². The molecule has 82 valence electrons. The molecule has 0 bridgehead atoms. The van der Waals surface area contributed by atoms with E-state index in [1.54, 1.807) is 0 Å². The summed E-state index contributed by atoms with van der Waals surface area (Å²) >= 11 is 6.33. The highest BCUT2D eigenvalue weighted by Gasteiger charge is 2.38. The van der Waals surface area contributed by atoms with Crippen LogP contribution in [0, 0.1) is 0 Å². The van der Waals surface area contributed by atoms with Crippen LogP contribution in [0.4, 0.5) is 0 Å². The molecular weight excluding hydrogens is 212 g/mol. The number of alkyl halides is 1. The number of hydrogen-bond acceptors (Lipinski definition) is 2. The zero-order valence-electron chi connectivity index (χ0n) is 9.00. The van der Waals surface area contributed by atoms with Gasteiger partial charge in [-0.15, -0.1) is 11.6 Å². The zero-order chi connectivity index (χ0) is 10.9. The van der Waals surface area contributed by atoms with Gasteiger partial charge in [-0.2, -0.15) is 0 Å². The van der Waals surface area contributed by atoms with Crippen LogP contribution in [0.1, 0.15) is 19.4 Å². The van der Waals surface area contributed by atoms with E-state index >= 15 is 0 Å². The van der Waals surface area contributed by atoms with Crippen LogP contribution in [0.3, 0.4) is 0 Å². The van der Waals surface area contributed by atoms with E-state index in [9.17, 15) is 0 Å². The molecule has 0 N–H and O–H groups in total. The molecule has 1 fully saturated rings. The lowest BCUT2D eigenvalue weighted by Crippen LogP contribution is -2.41. The lowest BCUT2D eigenvalue weighted by Gasteiger charge is -2.35. The van der Waals surface area contributed by atoms with Gasteiger partial charge in [-0.05, 0) is 31.5 Å². The fraction of sp³-hybridized carbons (Fsp3) is 0.500. The Morgan fingerprint density at radius 1 is 1.27 bits per heavy atom. The van der Waals surface area contributed by atoms with Crippen molar-refractivity contribution in [2.45, 2.75) is 24.8 Å². The molecule has 1 saturated heterocycles. The Labute approximate surface area is 95.1 Å². The van der Waals surface area contributed by atoms with Crippen molar-refractivity contribution in [1.82, 2.24) is 0 Å². The van der Waals surface area contributed by atoms with E-state index in [-0.39, 0.29) is 11.0 Å². The molecule has 3 heteroatoms. The summed E-state index contributed by atoms with van der Waals surface area (Å²) in [6.45, 7) is 5.21. The first-order chi connectivity index (χ1) is 7.10. The Hall–Kier alpha value is -0.730. The van der Waals surface area contributed by atoms with E-state index in [0.717, 1.165) is 11.3 Å². The largest absolute Gasteiger partial charge is 0.491 e. The van der Waals surface area contributed by atoms with Gasteiger partial charge in [0.1, 0.15) is 10.6 Å². The number of rotatable bonds is 3. The van der Waals surface area contributed by atoms with Gasteiger partial charge in [-0.3, -0.25) is 0 Å². The molecule has 0 radical (unpaired) electrons. The van der Waals surface area contributed by atoms with Crippen LogP contribution in [-0.4, -0.2) is 19.3 Å². The minimum atomic E-state index is -0.309. The first-order valence-corrected chi connectivity index (χ1v) is 5.52. The third kappa shape index (κ3) is 2.27. The summed E-state index contributed by atoms with van der Waals surface area (Å²) in [4.78, 5) is -0.309. The van der Waals surface area contributed by atoms with Crippen LogP contribution in [0.25, 0.3) is 0 Å². The van der Waals surface area contributed by atoms with Gasteiger partial charge in [0, 0.05) is 0 Å². The molecule has 0 saturated carbocycles. The maximum absolute atomic E-state index is 6.33. The van der Waals surface area contributed by atoms with E-state index in [1.807, 2.05) is 38.1 Å². The van der Waals surface area contributed by atoms with Crippen molar-refractivity contribution in [3.63, 3.8) is 0 Å². The predicted molar refractivity (Wildman–Crippen MR) is 60.6 cm³/mol. The van der Waals surface area contributed by atoms with Crippen molar-refractivity contribution in [2.24, 2.45) is 0 Å². The number of benzene rings is 1. The first kappa shape index (κ1) is 10.8. The molecule has 0 aliphatic carbocycles. The molecule has 1 aliphatic heterocycles. The standard InChI is InChI=1S/C12H15ClO2/c1-9(2)15-11-5-3-10(4-6-11)12(13)7-14-8-12/h3-6,9H,7-8H2,1-2H3. The van der Waals surface area contributed by atoms with Crippen LogP contribution in [0.15, 0.2) is 24.3 Å². The second kappa shape index (κ2) is 4.03. The van der Waals surface area contributed by atoms with Gasteiger partial charge in [-0.1, -0.05) is 12.1 Å². The molecule has 2 nitrogen and oxygen atoms in total. The van der Waals surface area contributed by atoms with Crippen molar-refractivity contribution >= 4 is 11.6 Å². The fourth-order valence-electron chi connectivity index (χ4n) is 1.55. The van der Waals surface area contributed by atoms with Crippen LogP contribution in [0.5, 0.6) is 5.75 Å². The lowest BCUT2D eigenvalue weighted by atomic mass is 9.96. The van der Waals surface area contributed by atoms with E-state index in [2.05, 4.69) is 0 Å². The van der Waals surface area contributed by atoms with Crippen molar-refractivity contribution in [2.75, 3.05) is 13.2 Å². The Morgan fingerprint density at radius 3 is 2.27 bits per heavy atom. The first-order valence-electron chi connectivity index (χ1n) is 5.14. The minimum Gasteiger partial charge on any atom is -0.491 e. The molecule has 0 spiro atoms. The van der Waals surface area contributed by atoms with Gasteiger partial charge in [0.2, 0.25) is 0 Å². The third-order valence-corrected chi connectivity index (χ3v) is 2.84. The highest BCUT2D eigenvalue weighted by Crippen LogP contribution is 2.37. The van der Waals surface area contributed by atoms with Crippen molar-refractivity contribution < 1.29 is 9.47 Å². The van der Waals surface area contributed by atoms with E-state index in [4.69, 9.17) is 21.1 Å². The molecular formula is C12H15ClO2. The Balaban J connectivity index is 2.10. The maximum Gasteiger partial charge on any atom is 0.119 e. The van der Waals surface area contributed by atoms with Crippen molar-refractivity contribution in [3.05, 3.63) is 29.8 Å². The van der Waals surface area contributed by atoms with Crippen molar-refractivity contribution in [1.29, 1.82) is 0 Å².